The predicted molar refractivity (Wildman–Crippen MR) is 103 cm³/mol. The van der Waals surface area contributed by atoms with Gasteiger partial charge in [0.05, 0.1) is 24.3 Å². The minimum absolute atomic E-state index is 0.0347. The van der Waals surface area contributed by atoms with E-state index in [2.05, 4.69) is 10.1 Å². The standard InChI is InChI=1S/C20H18F3N3O3S/c1-11-12(2)30-10-15(11)19(27)26-6-7-28-16(9-26)18-24-17(25-29-18)13-4-3-5-14(8-13)20(21,22)23/h3-5,8,10,16H,6-7,9H2,1-2H3/t16-/m1/s1. The number of alkyl halides is 3. The van der Waals surface area contributed by atoms with Crippen molar-refractivity contribution in [3.8, 4) is 11.4 Å². The minimum atomic E-state index is -4.46. The Kier molecular flexibility index (Phi) is 5.37. The van der Waals surface area contributed by atoms with E-state index in [1.165, 1.54) is 23.5 Å². The number of benzene rings is 1. The molecular weight excluding hydrogens is 419 g/mol. The molecular formula is C20H18F3N3O3S. The van der Waals surface area contributed by atoms with Gasteiger partial charge in [-0.05, 0) is 31.5 Å². The summed E-state index contributed by atoms with van der Waals surface area (Å²) < 4.78 is 49.8. The van der Waals surface area contributed by atoms with Crippen molar-refractivity contribution < 1.29 is 27.2 Å². The molecule has 1 aliphatic rings. The Hall–Kier alpha value is -2.72. The number of halogens is 3. The zero-order chi connectivity index (χ0) is 21.5. The van der Waals surface area contributed by atoms with E-state index in [1.54, 1.807) is 4.90 Å². The number of thiophene rings is 1. The first-order valence-electron chi connectivity index (χ1n) is 9.21. The van der Waals surface area contributed by atoms with Gasteiger partial charge in [-0.25, -0.2) is 0 Å². The number of carbonyl (C=O) groups is 1. The van der Waals surface area contributed by atoms with E-state index in [-0.39, 0.29) is 29.7 Å². The van der Waals surface area contributed by atoms with Crippen LogP contribution in [-0.2, 0) is 10.9 Å². The molecule has 0 saturated carbocycles. The SMILES string of the molecule is Cc1scc(C(=O)N2CCO[C@@H](c3nc(-c4cccc(C(F)(F)F)c4)no3)C2)c1C. The molecule has 1 aliphatic heterocycles. The summed E-state index contributed by atoms with van der Waals surface area (Å²) in [6, 6.07) is 4.71. The molecule has 158 valence electrons. The van der Waals surface area contributed by atoms with Crippen LogP contribution in [0.1, 0.15) is 38.4 Å². The van der Waals surface area contributed by atoms with E-state index in [4.69, 9.17) is 9.26 Å². The van der Waals surface area contributed by atoms with E-state index < -0.39 is 17.8 Å². The fourth-order valence-electron chi connectivity index (χ4n) is 3.20. The molecule has 3 heterocycles. The van der Waals surface area contributed by atoms with Crippen LogP contribution in [0.25, 0.3) is 11.4 Å². The van der Waals surface area contributed by atoms with Crippen molar-refractivity contribution in [3.05, 3.63) is 57.1 Å². The highest BCUT2D eigenvalue weighted by Crippen LogP contribution is 2.32. The van der Waals surface area contributed by atoms with Crippen molar-refractivity contribution in [2.45, 2.75) is 26.1 Å². The van der Waals surface area contributed by atoms with Crippen LogP contribution < -0.4 is 0 Å². The maximum Gasteiger partial charge on any atom is 0.416 e. The zero-order valence-corrected chi connectivity index (χ0v) is 17.0. The van der Waals surface area contributed by atoms with Gasteiger partial charge in [0.2, 0.25) is 5.82 Å². The molecule has 10 heteroatoms. The van der Waals surface area contributed by atoms with Gasteiger partial charge in [-0.15, -0.1) is 11.3 Å². The third-order valence-corrected chi connectivity index (χ3v) is 6.05. The molecule has 6 nitrogen and oxygen atoms in total. The number of nitrogens with zero attached hydrogens (tertiary/aromatic N) is 3. The normalized spacial score (nSPS) is 17.4. The fraction of sp³-hybridized carbons (Fsp3) is 0.350. The fourth-order valence-corrected chi connectivity index (χ4v) is 4.05. The van der Waals surface area contributed by atoms with Gasteiger partial charge in [-0.3, -0.25) is 4.79 Å². The van der Waals surface area contributed by atoms with Crippen molar-refractivity contribution in [2.24, 2.45) is 0 Å². The second-order valence-corrected chi connectivity index (χ2v) is 8.06. The molecule has 0 unspecified atom stereocenters. The van der Waals surface area contributed by atoms with Crippen LogP contribution >= 0.6 is 11.3 Å². The Morgan fingerprint density at radius 2 is 2.10 bits per heavy atom. The van der Waals surface area contributed by atoms with Crippen molar-refractivity contribution in [1.82, 2.24) is 15.0 Å². The number of carbonyl (C=O) groups excluding carboxylic acids is 1. The average molecular weight is 437 g/mol. The average Bonchev–Trinajstić information content (AvgIpc) is 3.35. The summed E-state index contributed by atoms with van der Waals surface area (Å²) in [4.78, 5) is 19.8. The van der Waals surface area contributed by atoms with E-state index in [0.29, 0.717) is 18.7 Å². The highest BCUT2D eigenvalue weighted by molar-refractivity contribution is 7.10. The number of hydrogen-bond acceptors (Lipinski definition) is 6. The molecule has 1 aromatic carbocycles. The minimum Gasteiger partial charge on any atom is -0.365 e. The van der Waals surface area contributed by atoms with Crippen molar-refractivity contribution in [3.63, 3.8) is 0 Å². The van der Waals surface area contributed by atoms with Crippen LogP contribution in [0, 0.1) is 13.8 Å². The quantitative estimate of drug-likeness (QED) is 0.597. The Bertz CT molecular complexity index is 1080. The summed E-state index contributed by atoms with van der Waals surface area (Å²) in [6.07, 6.45) is -5.11. The maximum atomic E-state index is 12.9. The zero-order valence-electron chi connectivity index (χ0n) is 16.2. The molecule has 0 spiro atoms. The number of aromatic nitrogens is 2. The first kappa shape index (κ1) is 20.5. The predicted octanol–water partition coefficient (Wildman–Crippen LogP) is 4.65. The van der Waals surface area contributed by atoms with Crippen LogP contribution in [0.3, 0.4) is 0 Å². The van der Waals surface area contributed by atoms with E-state index in [0.717, 1.165) is 22.6 Å². The summed E-state index contributed by atoms with van der Waals surface area (Å²) in [5, 5.41) is 5.64. The molecule has 0 aliphatic carbocycles. The number of rotatable bonds is 3. The molecule has 0 radical (unpaired) electrons. The summed E-state index contributed by atoms with van der Waals surface area (Å²) >= 11 is 1.52. The number of morpholine rings is 1. The van der Waals surface area contributed by atoms with Crippen molar-refractivity contribution >= 4 is 17.2 Å². The lowest BCUT2D eigenvalue weighted by molar-refractivity contribution is -0.137. The maximum absolute atomic E-state index is 12.9. The second-order valence-electron chi connectivity index (χ2n) is 6.98. The Morgan fingerprint density at radius 3 is 2.80 bits per heavy atom. The van der Waals surface area contributed by atoms with E-state index >= 15 is 0 Å². The molecule has 1 fully saturated rings. The van der Waals surface area contributed by atoms with Crippen LogP contribution in [0.4, 0.5) is 13.2 Å². The van der Waals surface area contributed by atoms with Gasteiger partial charge in [-0.2, -0.15) is 18.2 Å². The largest absolute Gasteiger partial charge is 0.416 e. The highest BCUT2D eigenvalue weighted by Gasteiger charge is 2.32. The van der Waals surface area contributed by atoms with Gasteiger partial charge in [0.1, 0.15) is 0 Å². The molecule has 3 aromatic rings. The first-order valence-corrected chi connectivity index (χ1v) is 10.1. The molecule has 0 N–H and O–H groups in total. The molecule has 4 rings (SSSR count). The van der Waals surface area contributed by atoms with Gasteiger partial charge in [0.15, 0.2) is 6.10 Å². The Morgan fingerprint density at radius 1 is 1.30 bits per heavy atom. The molecule has 1 saturated heterocycles. The van der Waals surface area contributed by atoms with Crippen LogP contribution in [0.5, 0.6) is 0 Å². The smallest absolute Gasteiger partial charge is 0.365 e. The second kappa shape index (κ2) is 7.84. The van der Waals surface area contributed by atoms with Gasteiger partial charge >= 0.3 is 6.18 Å². The lowest BCUT2D eigenvalue weighted by Gasteiger charge is -2.31. The number of hydrogen-bond donors (Lipinski definition) is 0. The summed E-state index contributed by atoms with van der Waals surface area (Å²) in [7, 11) is 0. The van der Waals surface area contributed by atoms with E-state index in [9.17, 15) is 18.0 Å². The van der Waals surface area contributed by atoms with E-state index in [1.807, 2.05) is 19.2 Å². The molecule has 0 bridgehead atoms. The summed E-state index contributed by atoms with van der Waals surface area (Å²) in [6.45, 7) is 4.82. The third-order valence-electron chi connectivity index (χ3n) is 5.03. The molecule has 2 aromatic heterocycles. The highest BCUT2D eigenvalue weighted by atomic mass is 32.1. The molecule has 1 atom stereocenters. The monoisotopic (exact) mass is 437 g/mol. The van der Waals surface area contributed by atoms with Crippen LogP contribution in [0.2, 0.25) is 0 Å². The van der Waals surface area contributed by atoms with Crippen LogP contribution in [0.15, 0.2) is 34.2 Å². The summed E-state index contributed by atoms with van der Waals surface area (Å²) in [5.74, 6) is 0.0633. The molecule has 30 heavy (non-hydrogen) atoms. The van der Waals surface area contributed by atoms with Gasteiger partial charge in [0, 0.05) is 22.4 Å². The molecule has 1 amide bonds. The Labute approximate surface area is 174 Å². The Balaban J connectivity index is 1.52. The van der Waals surface area contributed by atoms with Crippen molar-refractivity contribution in [1.29, 1.82) is 0 Å². The van der Waals surface area contributed by atoms with Gasteiger partial charge in [0.25, 0.3) is 11.8 Å². The third kappa shape index (κ3) is 3.97. The number of amides is 1. The number of ether oxygens (including phenoxy) is 1. The van der Waals surface area contributed by atoms with Gasteiger partial charge < -0.3 is 14.2 Å². The lowest BCUT2D eigenvalue weighted by atomic mass is 10.1. The topological polar surface area (TPSA) is 68.5 Å². The summed E-state index contributed by atoms with van der Waals surface area (Å²) in [5.41, 5.74) is 1.01. The van der Waals surface area contributed by atoms with Crippen LogP contribution in [-0.4, -0.2) is 40.6 Å². The number of aryl methyl sites for hydroxylation is 1. The first-order chi connectivity index (χ1) is 14.2. The van der Waals surface area contributed by atoms with Crippen molar-refractivity contribution in [2.75, 3.05) is 19.7 Å². The van der Waals surface area contributed by atoms with Gasteiger partial charge in [-0.1, -0.05) is 17.3 Å². The lowest BCUT2D eigenvalue weighted by Crippen LogP contribution is -2.42.